The Morgan fingerprint density at radius 2 is 1.95 bits per heavy atom. The fourth-order valence-corrected chi connectivity index (χ4v) is 6.57. The quantitative estimate of drug-likeness (QED) is 0.567. The molecule has 4 atom stereocenters. The van der Waals surface area contributed by atoms with E-state index in [1.807, 2.05) is 11.1 Å². The Morgan fingerprint density at radius 1 is 1.12 bits per heavy atom. The van der Waals surface area contributed by atoms with Crippen LogP contribution in [0.25, 0.3) is 0 Å². The van der Waals surface area contributed by atoms with Gasteiger partial charge < -0.3 is 14.8 Å². The van der Waals surface area contributed by atoms with E-state index in [-0.39, 0.29) is 23.8 Å². The molecule has 40 heavy (non-hydrogen) atoms. The van der Waals surface area contributed by atoms with E-state index < -0.39 is 0 Å². The number of nitrogens with one attached hydrogen (secondary N) is 1. The molecule has 8 nitrogen and oxygen atoms in total. The number of hydrogen-bond donors (Lipinski definition) is 1. The highest BCUT2D eigenvalue weighted by Gasteiger charge is 2.41. The largest absolute Gasteiger partial charge is 0.474 e. The number of benzene rings is 1. The highest BCUT2D eigenvalue weighted by atomic mass is 19.1. The number of carbonyl (C=O) groups excluding carboxylic acids is 1. The van der Waals surface area contributed by atoms with Crippen LogP contribution in [0.3, 0.4) is 0 Å². The van der Waals surface area contributed by atoms with Crippen LogP contribution in [0, 0.1) is 11.7 Å². The van der Waals surface area contributed by atoms with Crippen molar-refractivity contribution in [3.05, 3.63) is 53.5 Å². The molecular formula is C31H42FN5O3. The molecule has 6 rings (SSSR count). The van der Waals surface area contributed by atoms with Crippen LogP contribution >= 0.6 is 0 Å². The minimum Gasteiger partial charge on any atom is -0.474 e. The highest BCUT2D eigenvalue weighted by molar-refractivity contribution is 5.97. The molecule has 1 N–H and O–H groups in total. The molecule has 1 aromatic heterocycles. The average molecular weight is 552 g/mol. The van der Waals surface area contributed by atoms with Crippen molar-refractivity contribution in [1.29, 1.82) is 0 Å². The molecular weight excluding hydrogens is 509 g/mol. The van der Waals surface area contributed by atoms with Crippen LogP contribution < -0.4 is 15.0 Å². The lowest BCUT2D eigenvalue weighted by Gasteiger charge is -2.46. The summed E-state index contributed by atoms with van der Waals surface area (Å²) in [5.74, 6) is 0.852. The number of nitrogens with zero attached hydrogens (tertiary/aromatic N) is 4. The van der Waals surface area contributed by atoms with Gasteiger partial charge in [-0.2, -0.15) is 0 Å². The van der Waals surface area contributed by atoms with Crippen molar-refractivity contribution in [3.8, 4) is 5.88 Å². The van der Waals surface area contributed by atoms with Crippen LogP contribution in [0.15, 0.2) is 36.5 Å². The Labute approximate surface area is 236 Å². The fraction of sp³-hybridized carbons (Fsp3) is 0.613. The molecule has 0 bridgehead atoms. The van der Waals surface area contributed by atoms with Gasteiger partial charge >= 0.3 is 0 Å². The lowest BCUT2D eigenvalue weighted by atomic mass is 9.78. The zero-order chi connectivity index (χ0) is 27.6. The molecule has 4 heterocycles. The van der Waals surface area contributed by atoms with Crippen molar-refractivity contribution < 1.29 is 18.7 Å². The monoisotopic (exact) mass is 551 g/mol. The molecule has 1 saturated carbocycles. The Balaban J connectivity index is 1.24. The molecule has 1 aromatic carbocycles. The predicted molar refractivity (Wildman–Crippen MR) is 152 cm³/mol. The van der Waals surface area contributed by atoms with Crippen molar-refractivity contribution >= 4 is 11.6 Å². The average Bonchev–Trinajstić information content (AvgIpc) is 2.91. The standard InChI is InChI=1S/C31H42FN5O3/c1-21-16-36(27(15-33-21)17-35-10-11-39-19-22(35)2)18-30(38)37-28-13-24(12-23-6-8-26(32)9-7-23)14-34-31(28)40-20-29(37)25-4-3-5-25/h6-9,13-14,21-22,25,27,29,33H,3-5,10-12,15-20H2,1-2H3/t21-,22-,27-,29?/m1/s1. The summed E-state index contributed by atoms with van der Waals surface area (Å²) in [6.45, 7) is 10.4. The number of carbonyl (C=O) groups is 1. The lowest BCUT2D eigenvalue weighted by molar-refractivity contribution is -0.122. The SMILES string of the molecule is C[C@@H]1CN(CC(=O)N2c3cc(Cc4ccc(F)cc4)cnc3OCC2C2CCC2)[C@@H](CN2CCOC[C@H]2C)CN1. The minimum atomic E-state index is -0.246. The normalized spacial score (nSPS) is 28.0. The van der Waals surface area contributed by atoms with E-state index in [0.717, 1.165) is 69.0 Å². The first-order chi connectivity index (χ1) is 19.4. The summed E-state index contributed by atoms with van der Waals surface area (Å²) in [6.07, 6.45) is 5.88. The van der Waals surface area contributed by atoms with Gasteiger partial charge in [-0.3, -0.25) is 19.5 Å². The Hall–Kier alpha value is -2.59. The molecule has 3 aliphatic heterocycles. The molecule has 3 fully saturated rings. The van der Waals surface area contributed by atoms with Crippen molar-refractivity contribution in [3.63, 3.8) is 0 Å². The zero-order valence-corrected chi connectivity index (χ0v) is 23.7. The molecule has 0 spiro atoms. The molecule has 0 radical (unpaired) electrons. The topological polar surface area (TPSA) is 70.2 Å². The molecule has 2 saturated heterocycles. The molecule has 1 amide bonds. The maximum absolute atomic E-state index is 14.3. The van der Waals surface area contributed by atoms with Crippen LogP contribution in [0.1, 0.15) is 44.2 Å². The van der Waals surface area contributed by atoms with Gasteiger partial charge in [0.15, 0.2) is 0 Å². The van der Waals surface area contributed by atoms with Gasteiger partial charge in [0, 0.05) is 50.5 Å². The number of rotatable bonds is 7. The summed E-state index contributed by atoms with van der Waals surface area (Å²) in [5, 5.41) is 3.64. The fourth-order valence-electron chi connectivity index (χ4n) is 6.57. The molecule has 1 aliphatic carbocycles. The molecule has 1 unspecified atom stereocenters. The number of pyridine rings is 1. The Bertz CT molecular complexity index is 1180. The third-order valence-corrected chi connectivity index (χ3v) is 9.17. The van der Waals surface area contributed by atoms with Gasteiger partial charge in [0.05, 0.1) is 25.8 Å². The van der Waals surface area contributed by atoms with Gasteiger partial charge in [-0.1, -0.05) is 18.6 Å². The summed E-state index contributed by atoms with van der Waals surface area (Å²) in [4.78, 5) is 25.8. The smallest absolute Gasteiger partial charge is 0.241 e. The number of hydrogen-bond acceptors (Lipinski definition) is 7. The number of ether oxygens (including phenoxy) is 2. The van der Waals surface area contributed by atoms with Gasteiger partial charge in [-0.25, -0.2) is 9.37 Å². The summed E-state index contributed by atoms with van der Waals surface area (Å²) >= 11 is 0. The van der Waals surface area contributed by atoms with E-state index in [0.29, 0.717) is 43.5 Å². The summed E-state index contributed by atoms with van der Waals surface area (Å²) in [6, 6.07) is 9.60. The maximum Gasteiger partial charge on any atom is 0.241 e. The third kappa shape index (κ3) is 6.03. The van der Waals surface area contributed by atoms with Crippen LogP contribution in [-0.4, -0.2) is 97.4 Å². The maximum atomic E-state index is 14.3. The van der Waals surface area contributed by atoms with Crippen molar-refractivity contribution in [1.82, 2.24) is 20.1 Å². The van der Waals surface area contributed by atoms with E-state index in [9.17, 15) is 9.18 Å². The van der Waals surface area contributed by atoms with Gasteiger partial charge in [-0.15, -0.1) is 0 Å². The summed E-state index contributed by atoms with van der Waals surface area (Å²) < 4.78 is 25.3. The van der Waals surface area contributed by atoms with Crippen molar-refractivity contribution in [2.24, 2.45) is 5.92 Å². The van der Waals surface area contributed by atoms with E-state index in [2.05, 4.69) is 40.0 Å². The van der Waals surface area contributed by atoms with E-state index in [1.54, 1.807) is 12.1 Å². The first-order valence-corrected chi connectivity index (χ1v) is 14.9. The number of aromatic nitrogens is 1. The minimum absolute atomic E-state index is 0.0228. The number of fused-ring (bicyclic) bond motifs is 1. The number of piperazine rings is 1. The summed E-state index contributed by atoms with van der Waals surface area (Å²) in [5.41, 5.74) is 2.76. The third-order valence-electron chi connectivity index (χ3n) is 9.17. The van der Waals surface area contributed by atoms with Crippen LogP contribution in [0.2, 0.25) is 0 Å². The first kappa shape index (κ1) is 27.6. The van der Waals surface area contributed by atoms with E-state index >= 15 is 0 Å². The van der Waals surface area contributed by atoms with Gasteiger partial charge in [0.25, 0.3) is 0 Å². The molecule has 4 aliphatic rings. The van der Waals surface area contributed by atoms with Crippen LogP contribution in [0.5, 0.6) is 5.88 Å². The second-order valence-corrected chi connectivity index (χ2v) is 12.1. The number of amides is 1. The Kier molecular flexibility index (Phi) is 8.35. The predicted octanol–water partition coefficient (Wildman–Crippen LogP) is 3.09. The highest BCUT2D eigenvalue weighted by Crippen LogP contribution is 2.41. The van der Waals surface area contributed by atoms with Crippen molar-refractivity contribution in [2.75, 3.05) is 57.4 Å². The molecule has 2 aromatic rings. The van der Waals surface area contributed by atoms with Crippen LogP contribution in [0.4, 0.5) is 10.1 Å². The van der Waals surface area contributed by atoms with Crippen LogP contribution in [-0.2, 0) is 16.0 Å². The van der Waals surface area contributed by atoms with Gasteiger partial charge in [-0.05, 0) is 68.4 Å². The van der Waals surface area contributed by atoms with E-state index in [1.165, 1.54) is 18.6 Å². The molecule has 9 heteroatoms. The second kappa shape index (κ2) is 12.1. The van der Waals surface area contributed by atoms with Crippen molar-refractivity contribution in [2.45, 2.75) is 63.7 Å². The molecule has 216 valence electrons. The van der Waals surface area contributed by atoms with Gasteiger partial charge in [0.2, 0.25) is 11.8 Å². The number of anilines is 1. The first-order valence-electron chi connectivity index (χ1n) is 14.9. The van der Waals surface area contributed by atoms with E-state index in [4.69, 9.17) is 9.47 Å². The number of morpholine rings is 1. The number of halogens is 1. The lowest BCUT2D eigenvalue weighted by Crippen LogP contribution is -2.63. The Morgan fingerprint density at radius 3 is 2.70 bits per heavy atom. The summed E-state index contributed by atoms with van der Waals surface area (Å²) in [7, 11) is 0. The van der Waals surface area contributed by atoms with Gasteiger partial charge in [0.1, 0.15) is 18.1 Å². The second-order valence-electron chi connectivity index (χ2n) is 12.1. The zero-order valence-electron chi connectivity index (χ0n) is 23.7.